The summed E-state index contributed by atoms with van der Waals surface area (Å²) >= 11 is 0. The van der Waals surface area contributed by atoms with Gasteiger partial charge >= 0.3 is 0 Å². The van der Waals surface area contributed by atoms with Crippen molar-refractivity contribution in [2.75, 3.05) is 33.2 Å². The summed E-state index contributed by atoms with van der Waals surface area (Å²) in [6.07, 6.45) is 1.74. The summed E-state index contributed by atoms with van der Waals surface area (Å²) in [5, 5.41) is 10.8. The number of rotatable bonds is 9. The smallest absolute Gasteiger partial charge is 0.191 e. The molecule has 0 radical (unpaired) electrons. The van der Waals surface area contributed by atoms with Crippen molar-refractivity contribution in [3.05, 3.63) is 17.0 Å². The van der Waals surface area contributed by atoms with Crippen molar-refractivity contribution in [2.45, 2.75) is 47.1 Å². The van der Waals surface area contributed by atoms with E-state index in [1.807, 2.05) is 0 Å². The molecular weight excluding hydrogens is 278 g/mol. The molecule has 0 saturated heterocycles. The molecule has 0 unspecified atom stereocenters. The molecule has 22 heavy (non-hydrogen) atoms. The van der Waals surface area contributed by atoms with Crippen molar-refractivity contribution in [3.63, 3.8) is 0 Å². The summed E-state index contributed by atoms with van der Waals surface area (Å²) in [7, 11) is 1.79. The van der Waals surface area contributed by atoms with Crippen LogP contribution in [0, 0.1) is 0 Å². The molecule has 0 aliphatic carbocycles. The minimum absolute atomic E-state index is 0.695. The van der Waals surface area contributed by atoms with E-state index in [2.05, 4.69) is 53.4 Å². The minimum Gasteiger partial charge on any atom is -0.361 e. The molecule has 1 aromatic heterocycles. The largest absolute Gasteiger partial charge is 0.361 e. The molecule has 6 nitrogen and oxygen atoms in total. The molecule has 0 spiro atoms. The number of hydrogen-bond acceptors (Lipinski definition) is 4. The fourth-order valence-electron chi connectivity index (χ4n) is 2.40. The van der Waals surface area contributed by atoms with Gasteiger partial charge in [0.05, 0.1) is 5.69 Å². The second kappa shape index (κ2) is 10.2. The van der Waals surface area contributed by atoms with Crippen LogP contribution in [0.25, 0.3) is 0 Å². The van der Waals surface area contributed by atoms with Crippen LogP contribution in [0.1, 0.15) is 44.7 Å². The van der Waals surface area contributed by atoms with Gasteiger partial charge in [-0.2, -0.15) is 0 Å². The Bertz CT molecular complexity index is 430. The molecule has 126 valence electrons. The molecule has 0 fully saturated rings. The van der Waals surface area contributed by atoms with E-state index in [0.717, 1.165) is 62.0 Å². The first-order chi connectivity index (χ1) is 10.7. The Labute approximate surface area is 134 Å². The maximum atomic E-state index is 5.39. The van der Waals surface area contributed by atoms with Crippen molar-refractivity contribution in [2.24, 2.45) is 4.99 Å². The number of hydrogen-bond donors (Lipinski definition) is 2. The fourth-order valence-corrected chi connectivity index (χ4v) is 2.40. The normalized spacial score (nSPS) is 12.0. The molecule has 0 aliphatic heterocycles. The first-order valence-electron chi connectivity index (χ1n) is 8.33. The SMILES string of the molecule is CCc1noc(CC)c1CNC(=NC)NCCN(CC)CC. The van der Waals surface area contributed by atoms with E-state index in [1.165, 1.54) is 0 Å². The minimum atomic E-state index is 0.695. The third-order valence-corrected chi connectivity index (χ3v) is 3.88. The standard InChI is InChI=1S/C16H31N5O/c1-6-14-13(15(7-2)22-20-14)12-19-16(17-5)18-10-11-21(8-3)9-4/h6-12H2,1-5H3,(H2,17,18,19). The molecule has 0 bridgehead atoms. The summed E-state index contributed by atoms with van der Waals surface area (Å²) in [4.78, 5) is 6.65. The summed E-state index contributed by atoms with van der Waals surface area (Å²) < 4.78 is 5.39. The lowest BCUT2D eigenvalue weighted by molar-refractivity contribution is 0.308. The van der Waals surface area contributed by atoms with Gasteiger partial charge in [0, 0.05) is 38.7 Å². The molecule has 1 heterocycles. The lowest BCUT2D eigenvalue weighted by Gasteiger charge is -2.19. The van der Waals surface area contributed by atoms with E-state index in [1.54, 1.807) is 7.05 Å². The Morgan fingerprint density at radius 3 is 2.41 bits per heavy atom. The van der Waals surface area contributed by atoms with Crippen molar-refractivity contribution < 1.29 is 4.52 Å². The summed E-state index contributed by atoms with van der Waals surface area (Å²) in [5.41, 5.74) is 2.19. The quantitative estimate of drug-likeness (QED) is 0.538. The molecule has 0 saturated carbocycles. The number of aliphatic imine (C=N–C) groups is 1. The average Bonchev–Trinajstić information content (AvgIpc) is 2.96. The Morgan fingerprint density at radius 2 is 1.86 bits per heavy atom. The highest BCUT2D eigenvalue weighted by molar-refractivity contribution is 5.79. The molecule has 1 aromatic rings. The molecule has 6 heteroatoms. The first kappa shape index (κ1) is 18.5. The Hall–Kier alpha value is -1.56. The molecule has 0 atom stereocenters. The van der Waals surface area contributed by atoms with Gasteiger partial charge in [0.1, 0.15) is 5.76 Å². The molecule has 0 aliphatic rings. The van der Waals surface area contributed by atoms with Gasteiger partial charge in [-0.1, -0.05) is 32.9 Å². The lowest BCUT2D eigenvalue weighted by Crippen LogP contribution is -2.41. The van der Waals surface area contributed by atoms with Crippen LogP contribution in [0.2, 0.25) is 0 Å². The zero-order valence-corrected chi connectivity index (χ0v) is 14.7. The fraction of sp³-hybridized carbons (Fsp3) is 0.750. The van der Waals surface area contributed by atoms with E-state index in [-0.39, 0.29) is 0 Å². The number of aryl methyl sites for hydroxylation is 2. The Kier molecular flexibility index (Phi) is 8.58. The highest BCUT2D eigenvalue weighted by Crippen LogP contribution is 2.15. The van der Waals surface area contributed by atoms with Crippen molar-refractivity contribution in [1.29, 1.82) is 0 Å². The topological polar surface area (TPSA) is 65.7 Å². The van der Waals surface area contributed by atoms with Crippen LogP contribution in [0.15, 0.2) is 9.52 Å². The predicted molar refractivity (Wildman–Crippen MR) is 91.2 cm³/mol. The summed E-state index contributed by atoms with van der Waals surface area (Å²) in [5.74, 6) is 1.78. The number of nitrogens with one attached hydrogen (secondary N) is 2. The second-order valence-electron chi connectivity index (χ2n) is 5.12. The number of nitrogens with zero attached hydrogens (tertiary/aromatic N) is 3. The van der Waals surface area contributed by atoms with Gasteiger partial charge in [0.15, 0.2) is 5.96 Å². The van der Waals surface area contributed by atoms with Gasteiger partial charge in [0.25, 0.3) is 0 Å². The van der Waals surface area contributed by atoms with E-state index in [9.17, 15) is 0 Å². The first-order valence-corrected chi connectivity index (χ1v) is 8.33. The molecule has 1 rings (SSSR count). The number of guanidine groups is 1. The zero-order valence-electron chi connectivity index (χ0n) is 14.7. The van der Waals surface area contributed by atoms with Crippen molar-refractivity contribution >= 4 is 5.96 Å². The molecule has 0 aromatic carbocycles. The van der Waals surface area contributed by atoms with E-state index >= 15 is 0 Å². The third-order valence-electron chi connectivity index (χ3n) is 3.88. The summed E-state index contributed by atoms with van der Waals surface area (Å²) in [6.45, 7) is 13.3. The van der Waals surface area contributed by atoms with E-state index in [0.29, 0.717) is 6.54 Å². The average molecular weight is 309 g/mol. The molecule has 2 N–H and O–H groups in total. The second-order valence-corrected chi connectivity index (χ2v) is 5.12. The maximum absolute atomic E-state index is 5.39. The van der Waals surface area contributed by atoms with Gasteiger partial charge < -0.3 is 20.1 Å². The van der Waals surface area contributed by atoms with Gasteiger partial charge in [-0.25, -0.2) is 0 Å². The van der Waals surface area contributed by atoms with Crippen LogP contribution < -0.4 is 10.6 Å². The summed E-state index contributed by atoms with van der Waals surface area (Å²) in [6, 6.07) is 0. The van der Waals surface area contributed by atoms with Gasteiger partial charge in [-0.05, 0) is 19.5 Å². The third kappa shape index (κ3) is 5.33. The number of likely N-dealkylation sites (N-methyl/N-ethyl adjacent to an activating group) is 1. The van der Waals surface area contributed by atoms with Gasteiger partial charge in [-0.15, -0.1) is 0 Å². The van der Waals surface area contributed by atoms with Crippen molar-refractivity contribution in [3.8, 4) is 0 Å². The highest BCUT2D eigenvalue weighted by atomic mass is 16.5. The highest BCUT2D eigenvalue weighted by Gasteiger charge is 2.13. The van der Waals surface area contributed by atoms with Crippen LogP contribution in [-0.2, 0) is 19.4 Å². The zero-order chi connectivity index (χ0) is 16.4. The van der Waals surface area contributed by atoms with Crippen molar-refractivity contribution in [1.82, 2.24) is 20.7 Å². The van der Waals surface area contributed by atoms with E-state index in [4.69, 9.17) is 4.52 Å². The molecular formula is C16H31N5O. The van der Waals surface area contributed by atoms with Crippen LogP contribution >= 0.6 is 0 Å². The van der Waals surface area contributed by atoms with Crippen LogP contribution in [-0.4, -0.2) is 49.2 Å². The van der Waals surface area contributed by atoms with Crippen LogP contribution in [0.3, 0.4) is 0 Å². The van der Waals surface area contributed by atoms with Gasteiger partial charge in [-0.3, -0.25) is 4.99 Å². The predicted octanol–water partition coefficient (Wildman–Crippen LogP) is 1.81. The van der Waals surface area contributed by atoms with Crippen LogP contribution in [0.4, 0.5) is 0 Å². The van der Waals surface area contributed by atoms with Crippen LogP contribution in [0.5, 0.6) is 0 Å². The number of aromatic nitrogens is 1. The Morgan fingerprint density at radius 1 is 1.14 bits per heavy atom. The van der Waals surface area contributed by atoms with E-state index < -0.39 is 0 Å². The maximum Gasteiger partial charge on any atom is 0.191 e. The lowest BCUT2D eigenvalue weighted by atomic mass is 10.1. The Balaban J connectivity index is 2.49. The monoisotopic (exact) mass is 309 g/mol. The van der Waals surface area contributed by atoms with Gasteiger partial charge in [0.2, 0.25) is 0 Å². The molecule has 0 amide bonds.